The third kappa shape index (κ3) is 5.74. The molecule has 0 atom stereocenters. The van der Waals surface area contributed by atoms with Crippen LogP contribution in [0.1, 0.15) is 12.5 Å². The second kappa shape index (κ2) is 9.13. The molecule has 24 heavy (non-hydrogen) atoms. The van der Waals surface area contributed by atoms with Crippen LogP contribution in [-0.2, 0) is 0 Å². The number of ether oxygens (including phenoxy) is 1. The summed E-state index contributed by atoms with van der Waals surface area (Å²) in [6, 6.07) is 16.3. The van der Waals surface area contributed by atoms with Crippen LogP contribution in [0.5, 0.6) is 5.75 Å². The fourth-order valence-corrected chi connectivity index (χ4v) is 2.49. The molecule has 2 aromatic carbocycles. The molecule has 0 bridgehead atoms. The summed E-state index contributed by atoms with van der Waals surface area (Å²) in [5, 5.41) is 7.03. The number of thiocarbonyl (C=S) groups is 1. The van der Waals surface area contributed by atoms with Gasteiger partial charge in [-0.3, -0.25) is 0 Å². The van der Waals surface area contributed by atoms with Crippen molar-refractivity contribution in [3.63, 3.8) is 0 Å². The Bertz CT molecular complexity index is 658. The molecule has 0 saturated carbocycles. The van der Waals surface area contributed by atoms with Crippen molar-refractivity contribution in [2.24, 2.45) is 0 Å². The van der Waals surface area contributed by atoms with Crippen LogP contribution in [0, 0.1) is 6.92 Å². The van der Waals surface area contributed by atoms with Crippen molar-refractivity contribution in [1.82, 2.24) is 5.32 Å². The number of anilines is 2. The summed E-state index contributed by atoms with van der Waals surface area (Å²) in [5.41, 5.74) is 3.39. The molecular formula is C19H25N3OS. The summed E-state index contributed by atoms with van der Waals surface area (Å²) in [5.74, 6) is 0.837. The zero-order chi connectivity index (χ0) is 17.4. The molecule has 4 nitrogen and oxygen atoms in total. The molecule has 5 heteroatoms. The maximum atomic E-state index is 5.49. The fourth-order valence-electron chi connectivity index (χ4n) is 2.27. The normalized spacial score (nSPS) is 10.1. The lowest BCUT2D eigenvalue weighted by Crippen LogP contribution is -2.35. The van der Waals surface area contributed by atoms with Gasteiger partial charge in [-0.05, 0) is 50.3 Å². The van der Waals surface area contributed by atoms with Gasteiger partial charge in [0.2, 0.25) is 0 Å². The van der Waals surface area contributed by atoms with E-state index < -0.39 is 0 Å². The quantitative estimate of drug-likeness (QED) is 0.748. The highest BCUT2D eigenvalue weighted by Gasteiger charge is 2.02. The van der Waals surface area contributed by atoms with Crippen LogP contribution in [0.15, 0.2) is 48.5 Å². The lowest BCUT2D eigenvalue weighted by molar-refractivity contribution is 0.340. The van der Waals surface area contributed by atoms with E-state index in [4.69, 9.17) is 17.0 Å². The maximum Gasteiger partial charge on any atom is 0.170 e. The van der Waals surface area contributed by atoms with E-state index >= 15 is 0 Å². The van der Waals surface area contributed by atoms with Crippen molar-refractivity contribution >= 4 is 28.7 Å². The van der Waals surface area contributed by atoms with E-state index in [9.17, 15) is 0 Å². The van der Waals surface area contributed by atoms with Gasteiger partial charge < -0.3 is 20.3 Å². The van der Waals surface area contributed by atoms with Crippen molar-refractivity contribution in [2.75, 3.05) is 37.0 Å². The molecule has 0 saturated heterocycles. The van der Waals surface area contributed by atoms with Crippen molar-refractivity contribution in [3.8, 4) is 5.75 Å². The zero-order valence-corrected chi connectivity index (χ0v) is 15.3. The van der Waals surface area contributed by atoms with Gasteiger partial charge in [-0.2, -0.15) is 0 Å². The first-order valence-corrected chi connectivity index (χ1v) is 8.55. The van der Waals surface area contributed by atoms with Gasteiger partial charge in [-0.15, -0.1) is 0 Å². The van der Waals surface area contributed by atoms with Gasteiger partial charge in [0.05, 0.1) is 6.61 Å². The van der Waals surface area contributed by atoms with Crippen LogP contribution in [0.3, 0.4) is 0 Å². The molecule has 0 aliphatic carbocycles. The number of hydrogen-bond acceptors (Lipinski definition) is 3. The SMILES string of the molecule is CCOc1cccc(NC(=S)NCCN(C)c2ccc(C)cc2)c1. The fraction of sp³-hybridized carbons (Fsp3) is 0.316. The predicted molar refractivity (Wildman–Crippen MR) is 106 cm³/mol. The molecule has 128 valence electrons. The van der Waals surface area contributed by atoms with Gasteiger partial charge in [0.1, 0.15) is 5.75 Å². The molecule has 2 N–H and O–H groups in total. The lowest BCUT2D eigenvalue weighted by atomic mass is 10.2. The van der Waals surface area contributed by atoms with Crippen LogP contribution in [0.4, 0.5) is 11.4 Å². The standard InChI is InChI=1S/C19H25N3OS/c1-4-23-18-7-5-6-16(14-18)21-19(24)20-12-13-22(3)17-10-8-15(2)9-11-17/h5-11,14H,4,12-13H2,1-3H3,(H2,20,21,24). The summed E-state index contributed by atoms with van der Waals surface area (Å²) in [4.78, 5) is 2.20. The van der Waals surface area contributed by atoms with E-state index in [1.54, 1.807) is 0 Å². The van der Waals surface area contributed by atoms with E-state index in [-0.39, 0.29) is 0 Å². The Morgan fingerprint density at radius 3 is 2.62 bits per heavy atom. The second-order valence-corrected chi connectivity index (χ2v) is 6.01. The summed E-state index contributed by atoms with van der Waals surface area (Å²) in [7, 11) is 2.08. The average molecular weight is 343 g/mol. The Kier molecular flexibility index (Phi) is 6.88. The molecule has 0 heterocycles. The summed E-state index contributed by atoms with van der Waals surface area (Å²) < 4.78 is 5.49. The molecule has 0 unspecified atom stereocenters. The van der Waals surface area contributed by atoms with Crippen LogP contribution in [0.25, 0.3) is 0 Å². The van der Waals surface area contributed by atoms with E-state index in [1.807, 2.05) is 31.2 Å². The summed E-state index contributed by atoms with van der Waals surface area (Å²) in [6.07, 6.45) is 0. The number of hydrogen-bond donors (Lipinski definition) is 2. The zero-order valence-electron chi connectivity index (χ0n) is 14.5. The molecule has 0 aromatic heterocycles. The maximum absolute atomic E-state index is 5.49. The predicted octanol–water partition coefficient (Wildman–Crippen LogP) is 3.82. The van der Waals surface area contributed by atoms with Crippen molar-refractivity contribution in [2.45, 2.75) is 13.8 Å². The van der Waals surface area contributed by atoms with Gasteiger partial charge in [0.15, 0.2) is 5.11 Å². The topological polar surface area (TPSA) is 36.5 Å². The summed E-state index contributed by atoms with van der Waals surface area (Å²) in [6.45, 7) is 6.34. The second-order valence-electron chi connectivity index (χ2n) is 5.60. The van der Waals surface area contributed by atoms with Crippen molar-refractivity contribution in [3.05, 3.63) is 54.1 Å². The van der Waals surface area contributed by atoms with Crippen LogP contribution in [0.2, 0.25) is 0 Å². The van der Waals surface area contributed by atoms with Gasteiger partial charge in [-0.25, -0.2) is 0 Å². The largest absolute Gasteiger partial charge is 0.494 e. The number of aryl methyl sites for hydroxylation is 1. The minimum Gasteiger partial charge on any atom is -0.494 e. The smallest absolute Gasteiger partial charge is 0.170 e. The highest BCUT2D eigenvalue weighted by molar-refractivity contribution is 7.80. The van der Waals surface area contributed by atoms with Crippen LogP contribution < -0.4 is 20.3 Å². The van der Waals surface area contributed by atoms with Gasteiger partial charge >= 0.3 is 0 Å². The Morgan fingerprint density at radius 2 is 1.92 bits per heavy atom. The minimum absolute atomic E-state index is 0.612. The first-order valence-electron chi connectivity index (χ1n) is 8.14. The van der Waals surface area contributed by atoms with Gasteiger partial charge in [-0.1, -0.05) is 23.8 Å². The third-order valence-electron chi connectivity index (χ3n) is 3.61. The monoisotopic (exact) mass is 343 g/mol. The molecule has 0 amide bonds. The van der Waals surface area contributed by atoms with Gasteiger partial charge in [0.25, 0.3) is 0 Å². The van der Waals surface area contributed by atoms with Crippen molar-refractivity contribution < 1.29 is 4.74 Å². The Hall–Kier alpha value is -2.27. The Labute approximate surface area is 149 Å². The van der Waals surface area contributed by atoms with Gasteiger partial charge in [0, 0.05) is 37.6 Å². The minimum atomic E-state index is 0.612. The molecule has 0 fully saturated rings. The molecule has 0 aliphatic rings. The Balaban J connectivity index is 1.76. The number of nitrogens with zero attached hydrogens (tertiary/aromatic N) is 1. The highest BCUT2D eigenvalue weighted by Crippen LogP contribution is 2.17. The molecule has 0 radical (unpaired) electrons. The summed E-state index contributed by atoms with van der Waals surface area (Å²) >= 11 is 5.35. The number of likely N-dealkylation sites (N-methyl/N-ethyl adjacent to an activating group) is 1. The van der Waals surface area contributed by atoms with Crippen LogP contribution in [-0.4, -0.2) is 31.9 Å². The highest BCUT2D eigenvalue weighted by atomic mass is 32.1. The molecule has 2 rings (SSSR count). The molecular weight excluding hydrogens is 318 g/mol. The molecule has 0 aliphatic heterocycles. The van der Waals surface area contributed by atoms with E-state index in [0.717, 1.165) is 24.5 Å². The molecule has 2 aromatic rings. The van der Waals surface area contributed by atoms with E-state index in [2.05, 4.69) is 53.8 Å². The first-order chi connectivity index (χ1) is 11.6. The van der Waals surface area contributed by atoms with Crippen LogP contribution >= 0.6 is 12.2 Å². The number of nitrogens with one attached hydrogen (secondary N) is 2. The lowest BCUT2D eigenvalue weighted by Gasteiger charge is -2.20. The third-order valence-corrected chi connectivity index (χ3v) is 3.86. The first kappa shape index (κ1) is 18.1. The van der Waals surface area contributed by atoms with E-state index in [0.29, 0.717) is 11.7 Å². The average Bonchev–Trinajstić information content (AvgIpc) is 2.56. The van der Waals surface area contributed by atoms with Crippen molar-refractivity contribution in [1.29, 1.82) is 0 Å². The Morgan fingerprint density at radius 1 is 1.17 bits per heavy atom. The molecule has 0 spiro atoms. The number of benzene rings is 2. The van der Waals surface area contributed by atoms with E-state index in [1.165, 1.54) is 11.3 Å². The number of rotatable bonds is 7.